The first-order valence-electron chi connectivity index (χ1n) is 8.79. The summed E-state index contributed by atoms with van der Waals surface area (Å²) in [6, 6.07) is 6.01. The highest BCUT2D eigenvalue weighted by molar-refractivity contribution is 8.18. The zero-order valence-corrected chi connectivity index (χ0v) is 15.5. The van der Waals surface area contributed by atoms with Gasteiger partial charge in [0.05, 0.1) is 24.7 Å². The number of amidine groups is 1. The molecule has 0 unspecified atom stereocenters. The van der Waals surface area contributed by atoms with Crippen LogP contribution in [0.2, 0.25) is 0 Å². The van der Waals surface area contributed by atoms with Crippen LogP contribution in [-0.4, -0.2) is 30.8 Å². The van der Waals surface area contributed by atoms with Crippen LogP contribution in [0.4, 0.5) is 0 Å². The predicted molar refractivity (Wildman–Crippen MR) is 102 cm³/mol. The Kier molecular flexibility index (Phi) is 6.02. The fraction of sp³-hybridized carbons (Fsp3) is 0.474. The number of carbonyl (C=O) groups excluding carboxylic acids is 1. The summed E-state index contributed by atoms with van der Waals surface area (Å²) < 4.78 is 10.9. The standard InChI is InChI=1S/C19H24N2O3S/c1-3-24-16-11-13(9-10-15(16)23-2)12-17-18(22)21-19(25-17)20-14-7-5-4-6-8-14/h9-12,14H,3-8H2,1-2H3,(H,20,21,22)/b17-12-. The molecule has 0 radical (unpaired) electrons. The maximum atomic E-state index is 12.2. The SMILES string of the molecule is CCOc1cc(/C=C2\SC(=NC3CCCCC3)NC2=O)ccc1OC. The molecular formula is C19H24N2O3S. The molecule has 1 aromatic rings. The van der Waals surface area contributed by atoms with Crippen LogP contribution in [0.25, 0.3) is 6.08 Å². The highest BCUT2D eigenvalue weighted by Gasteiger charge is 2.25. The third-order valence-corrected chi connectivity index (χ3v) is 5.23. The van der Waals surface area contributed by atoms with Gasteiger partial charge in [-0.05, 0) is 55.3 Å². The van der Waals surface area contributed by atoms with Crippen LogP contribution in [0.15, 0.2) is 28.1 Å². The Bertz CT molecular complexity index is 694. The normalized spacial score (nSPS) is 21.6. The Balaban J connectivity index is 1.76. The van der Waals surface area contributed by atoms with E-state index in [0.29, 0.717) is 29.1 Å². The molecule has 3 rings (SSSR count). The molecular weight excluding hydrogens is 336 g/mol. The lowest BCUT2D eigenvalue weighted by molar-refractivity contribution is -0.115. The third kappa shape index (κ3) is 4.57. The fourth-order valence-electron chi connectivity index (χ4n) is 3.07. The number of methoxy groups -OCH3 is 1. The van der Waals surface area contributed by atoms with Crippen molar-refractivity contribution in [3.8, 4) is 11.5 Å². The minimum atomic E-state index is -0.0895. The Morgan fingerprint density at radius 3 is 2.80 bits per heavy atom. The topological polar surface area (TPSA) is 59.9 Å². The summed E-state index contributed by atoms with van der Waals surface area (Å²) in [4.78, 5) is 17.6. The monoisotopic (exact) mass is 360 g/mol. The molecule has 0 aromatic heterocycles. The van der Waals surface area contributed by atoms with Gasteiger partial charge in [0, 0.05) is 0 Å². The zero-order valence-electron chi connectivity index (χ0n) is 14.7. The van der Waals surface area contributed by atoms with Crippen molar-refractivity contribution in [2.75, 3.05) is 13.7 Å². The molecule has 1 heterocycles. The largest absolute Gasteiger partial charge is 0.493 e. The molecule has 2 fully saturated rings. The van der Waals surface area contributed by atoms with Crippen molar-refractivity contribution < 1.29 is 14.3 Å². The molecule has 25 heavy (non-hydrogen) atoms. The summed E-state index contributed by atoms with van der Waals surface area (Å²) in [5, 5.41) is 3.61. The summed E-state index contributed by atoms with van der Waals surface area (Å²) in [6.07, 6.45) is 7.87. The summed E-state index contributed by atoms with van der Waals surface area (Å²) in [5.74, 6) is 1.28. The van der Waals surface area contributed by atoms with E-state index in [2.05, 4.69) is 5.32 Å². The molecule has 1 aromatic carbocycles. The van der Waals surface area contributed by atoms with Crippen molar-refractivity contribution >= 4 is 28.9 Å². The first-order valence-corrected chi connectivity index (χ1v) is 9.60. The molecule has 134 valence electrons. The summed E-state index contributed by atoms with van der Waals surface area (Å²) in [6.45, 7) is 2.49. The van der Waals surface area contributed by atoms with Gasteiger partial charge in [0.1, 0.15) is 0 Å². The van der Waals surface area contributed by atoms with Gasteiger partial charge in [-0.1, -0.05) is 25.3 Å². The van der Waals surface area contributed by atoms with Crippen molar-refractivity contribution in [1.29, 1.82) is 0 Å². The average Bonchev–Trinajstić information content (AvgIpc) is 2.95. The van der Waals surface area contributed by atoms with Crippen molar-refractivity contribution in [3.63, 3.8) is 0 Å². The molecule has 0 bridgehead atoms. The molecule has 1 N–H and O–H groups in total. The van der Waals surface area contributed by atoms with E-state index in [1.54, 1.807) is 7.11 Å². The van der Waals surface area contributed by atoms with E-state index in [9.17, 15) is 4.79 Å². The quantitative estimate of drug-likeness (QED) is 0.807. The second kappa shape index (κ2) is 8.43. The fourth-order valence-corrected chi connectivity index (χ4v) is 3.96. The Morgan fingerprint density at radius 1 is 1.28 bits per heavy atom. The summed E-state index contributed by atoms with van der Waals surface area (Å²) >= 11 is 1.41. The lowest BCUT2D eigenvalue weighted by atomic mass is 9.96. The van der Waals surface area contributed by atoms with Gasteiger partial charge in [-0.25, -0.2) is 0 Å². The minimum Gasteiger partial charge on any atom is -0.493 e. The number of thioether (sulfide) groups is 1. The van der Waals surface area contributed by atoms with Gasteiger partial charge in [-0.15, -0.1) is 0 Å². The van der Waals surface area contributed by atoms with Crippen molar-refractivity contribution in [1.82, 2.24) is 5.32 Å². The lowest BCUT2D eigenvalue weighted by Crippen LogP contribution is -2.22. The number of nitrogens with one attached hydrogen (secondary N) is 1. The predicted octanol–water partition coefficient (Wildman–Crippen LogP) is 3.99. The Labute approximate surface area is 152 Å². The highest BCUT2D eigenvalue weighted by atomic mass is 32.2. The van der Waals surface area contributed by atoms with E-state index in [0.717, 1.165) is 23.6 Å². The number of rotatable bonds is 5. The number of hydrogen-bond acceptors (Lipinski definition) is 5. The minimum absolute atomic E-state index is 0.0895. The molecule has 1 saturated heterocycles. The molecule has 0 atom stereocenters. The Hall–Kier alpha value is -1.95. The molecule has 0 spiro atoms. The van der Waals surface area contributed by atoms with Crippen LogP contribution in [0.5, 0.6) is 11.5 Å². The van der Waals surface area contributed by atoms with Crippen LogP contribution < -0.4 is 14.8 Å². The van der Waals surface area contributed by atoms with Crippen LogP contribution in [0.3, 0.4) is 0 Å². The third-order valence-electron chi connectivity index (χ3n) is 4.31. The van der Waals surface area contributed by atoms with E-state index in [1.165, 1.54) is 31.0 Å². The summed E-state index contributed by atoms with van der Waals surface area (Å²) in [7, 11) is 1.62. The Morgan fingerprint density at radius 2 is 2.08 bits per heavy atom. The first-order chi connectivity index (χ1) is 12.2. The molecule has 1 saturated carbocycles. The van der Waals surface area contributed by atoms with Crippen LogP contribution in [0, 0.1) is 0 Å². The van der Waals surface area contributed by atoms with Gasteiger partial charge in [0.15, 0.2) is 16.7 Å². The first kappa shape index (κ1) is 17.9. The molecule has 2 aliphatic rings. The lowest BCUT2D eigenvalue weighted by Gasteiger charge is -2.17. The van der Waals surface area contributed by atoms with Gasteiger partial charge in [0.25, 0.3) is 5.91 Å². The number of carbonyl (C=O) groups is 1. The van der Waals surface area contributed by atoms with E-state index in [-0.39, 0.29) is 5.91 Å². The summed E-state index contributed by atoms with van der Waals surface area (Å²) in [5.41, 5.74) is 0.904. The molecule has 1 amide bonds. The van der Waals surface area contributed by atoms with Crippen molar-refractivity contribution in [3.05, 3.63) is 28.7 Å². The second-order valence-corrected chi connectivity index (χ2v) is 7.16. The molecule has 6 heteroatoms. The van der Waals surface area contributed by atoms with Gasteiger partial charge in [-0.3, -0.25) is 9.79 Å². The van der Waals surface area contributed by atoms with E-state index in [1.807, 2.05) is 31.2 Å². The zero-order chi connectivity index (χ0) is 17.6. The van der Waals surface area contributed by atoms with Gasteiger partial charge in [-0.2, -0.15) is 0 Å². The highest BCUT2D eigenvalue weighted by Crippen LogP contribution is 2.32. The van der Waals surface area contributed by atoms with Gasteiger partial charge >= 0.3 is 0 Å². The molecule has 1 aliphatic carbocycles. The molecule has 1 aliphatic heterocycles. The average molecular weight is 360 g/mol. The van der Waals surface area contributed by atoms with Crippen molar-refractivity contribution in [2.24, 2.45) is 4.99 Å². The number of aliphatic imine (C=N–C) groups is 1. The van der Waals surface area contributed by atoms with Crippen LogP contribution in [0.1, 0.15) is 44.6 Å². The van der Waals surface area contributed by atoms with Crippen LogP contribution in [-0.2, 0) is 4.79 Å². The smallest absolute Gasteiger partial charge is 0.264 e. The van der Waals surface area contributed by atoms with E-state index >= 15 is 0 Å². The number of hydrogen-bond donors (Lipinski definition) is 1. The maximum Gasteiger partial charge on any atom is 0.264 e. The number of benzene rings is 1. The van der Waals surface area contributed by atoms with Gasteiger partial charge < -0.3 is 14.8 Å². The molecule has 5 nitrogen and oxygen atoms in total. The maximum absolute atomic E-state index is 12.2. The number of amides is 1. The van der Waals surface area contributed by atoms with Crippen molar-refractivity contribution in [2.45, 2.75) is 45.1 Å². The van der Waals surface area contributed by atoms with Gasteiger partial charge in [0.2, 0.25) is 0 Å². The second-order valence-electron chi connectivity index (χ2n) is 6.13. The van der Waals surface area contributed by atoms with Crippen LogP contribution >= 0.6 is 11.8 Å². The number of nitrogens with zero attached hydrogens (tertiary/aromatic N) is 1. The number of ether oxygens (including phenoxy) is 2. The van der Waals surface area contributed by atoms with E-state index < -0.39 is 0 Å². The van der Waals surface area contributed by atoms with E-state index in [4.69, 9.17) is 14.5 Å².